The zero-order chi connectivity index (χ0) is 13.9. The molecule has 0 bridgehead atoms. The van der Waals surface area contributed by atoms with Crippen molar-refractivity contribution in [2.75, 3.05) is 6.54 Å². The van der Waals surface area contributed by atoms with E-state index in [9.17, 15) is 0 Å². The van der Waals surface area contributed by atoms with Crippen LogP contribution in [0.25, 0.3) is 0 Å². The van der Waals surface area contributed by atoms with Crippen LogP contribution in [0, 0.1) is 11.8 Å². The molecule has 0 spiro atoms. The minimum absolute atomic E-state index is 0.851. The van der Waals surface area contributed by atoms with Crippen molar-refractivity contribution < 1.29 is 0 Å². The molecule has 2 aliphatic rings. The minimum Gasteiger partial charge on any atom is -0.314 e. The van der Waals surface area contributed by atoms with E-state index in [1.54, 1.807) is 0 Å². The van der Waals surface area contributed by atoms with Gasteiger partial charge in [0.15, 0.2) is 0 Å². The molecule has 3 rings (SSSR count). The maximum Gasteiger partial charge on any atom is 0.0624 e. The van der Waals surface area contributed by atoms with E-state index in [0.29, 0.717) is 0 Å². The van der Waals surface area contributed by atoms with Gasteiger partial charge in [-0.25, -0.2) is 0 Å². The van der Waals surface area contributed by atoms with Gasteiger partial charge in [0.2, 0.25) is 0 Å². The van der Waals surface area contributed by atoms with Gasteiger partial charge in [0.1, 0.15) is 0 Å². The maximum atomic E-state index is 4.70. The monoisotopic (exact) mass is 275 g/mol. The highest BCUT2D eigenvalue weighted by molar-refractivity contribution is 5.12. The van der Waals surface area contributed by atoms with E-state index in [4.69, 9.17) is 5.10 Å². The molecule has 2 unspecified atom stereocenters. The van der Waals surface area contributed by atoms with Gasteiger partial charge in [0.25, 0.3) is 0 Å². The van der Waals surface area contributed by atoms with E-state index in [0.717, 1.165) is 30.8 Å². The van der Waals surface area contributed by atoms with Crippen LogP contribution in [-0.2, 0) is 19.4 Å². The first kappa shape index (κ1) is 14.1. The molecule has 1 aromatic heterocycles. The Kier molecular flexibility index (Phi) is 4.45. The predicted octanol–water partition coefficient (Wildman–Crippen LogP) is 3.18. The molecule has 2 saturated carbocycles. The molecule has 1 heterocycles. The molecule has 3 nitrogen and oxygen atoms in total. The van der Waals surface area contributed by atoms with E-state index in [1.165, 1.54) is 56.5 Å². The van der Waals surface area contributed by atoms with Crippen molar-refractivity contribution in [3.8, 4) is 0 Å². The van der Waals surface area contributed by atoms with Crippen LogP contribution in [0.5, 0.6) is 0 Å². The summed E-state index contributed by atoms with van der Waals surface area (Å²) in [5.41, 5.74) is 2.72. The Morgan fingerprint density at radius 2 is 2.00 bits per heavy atom. The molecular weight excluding hydrogens is 246 g/mol. The first-order valence-corrected chi connectivity index (χ1v) is 8.59. The lowest BCUT2D eigenvalue weighted by Crippen LogP contribution is -2.28. The van der Waals surface area contributed by atoms with Gasteiger partial charge in [-0.3, -0.25) is 4.68 Å². The minimum atomic E-state index is 0.851. The molecule has 0 aromatic carbocycles. The Labute approximate surface area is 123 Å². The molecule has 0 aliphatic heterocycles. The summed E-state index contributed by atoms with van der Waals surface area (Å²) in [7, 11) is 0. The summed E-state index contributed by atoms with van der Waals surface area (Å²) in [6, 6.07) is 3.19. The van der Waals surface area contributed by atoms with Crippen LogP contribution in [0.15, 0.2) is 6.07 Å². The normalized spacial score (nSPS) is 26.3. The third-order valence-electron chi connectivity index (χ3n) is 5.11. The fourth-order valence-electron chi connectivity index (χ4n) is 3.65. The summed E-state index contributed by atoms with van der Waals surface area (Å²) in [6.07, 6.45) is 9.34. The maximum absolute atomic E-state index is 4.70. The lowest BCUT2D eigenvalue weighted by molar-refractivity contribution is 0.356. The molecule has 2 aliphatic carbocycles. The van der Waals surface area contributed by atoms with Gasteiger partial charge < -0.3 is 5.32 Å². The molecule has 1 N–H and O–H groups in total. The standard InChI is InChI=1S/C17H29N3/c1-3-15-11-17(20(4-2)19-15)10-13-6-5-7-14(13)12-18-16-8-9-16/h11,13-14,16,18H,3-10,12H2,1-2H3. The Hall–Kier alpha value is -0.830. The molecule has 20 heavy (non-hydrogen) atoms. The van der Waals surface area contributed by atoms with Crippen LogP contribution in [0.4, 0.5) is 0 Å². The molecule has 1 aromatic rings. The smallest absolute Gasteiger partial charge is 0.0624 e. The summed E-state index contributed by atoms with van der Waals surface area (Å²) in [4.78, 5) is 0. The second-order valence-electron chi connectivity index (χ2n) is 6.63. The van der Waals surface area contributed by atoms with Crippen LogP contribution in [0.3, 0.4) is 0 Å². The Balaban J connectivity index is 1.61. The van der Waals surface area contributed by atoms with E-state index in [1.807, 2.05) is 0 Å². The van der Waals surface area contributed by atoms with Crippen LogP contribution in [0.2, 0.25) is 0 Å². The summed E-state index contributed by atoms with van der Waals surface area (Å²) < 4.78 is 2.22. The molecule has 2 fully saturated rings. The van der Waals surface area contributed by atoms with Crippen molar-refractivity contribution in [2.45, 2.75) is 71.4 Å². The van der Waals surface area contributed by atoms with Gasteiger partial charge in [-0.05, 0) is 69.9 Å². The van der Waals surface area contributed by atoms with Crippen molar-refractivity contribution in [1.29, 1.82) is 0 Å². The number of nitrogens with one attached hydrogen (secondary N) is 1. The molecule has 0 radical (unpaired) electrons. The predicted molar refractivity (Wildman–Crippen MR) is 82.8 cm³/mol. The first-order valence-electron chi connectivity index (χ1n) is 8.59. The quantitative estimate of drug-likeness (QED) is 0.828. The van der Waals surface area contributed by atoms with Gasteiger partial charge in [-0.1, -0.05) is 13.3 Å². The summed E-state index contributed by atoms with van der Waals surface area (Å²) >= 11 is 0. The van der Waals surface area contributed by atoms with Crippen LogP contribution >= 0.6 is 0 Å². The van der Waals surface area contributed by atoms with Crippen molar-refractivity contribution in [3.05, 3.63) is 17.5 Å². The highest BCUT2D eigenvalue weighted by Crippen LogP contribution is 2.34. The van der Waals surface area contributed by atoms with Crippen molar-refractivity contribution in [3.63, 3.8) is 0 Å². The highest BCUT2D eigenvalue weighted by atomic mass is 15.3. The van der Waals surface area contributed by atoms with Crippen molar-refractivity contribution in [2.24, 2.45) is 11.8 Å². The summed E-state index contributed by atoms with van der Waals surface area (Å²) in [6.45, 7) is 6.66. The van der Waals surface area contributed by atoms with Crippen molar-refractivity contribution in [1.82, 2.24) is 15.1 Å². The number of hydrogen-bond acceptors (Lipinski definition) is 2. The Bertz CT molecular complexity index is 433. The number of nitrogens with zero attached hydrogens (tertiary/aromatic N) is 2. The van der Waals surface area contributed by atoms with E-state index in [2.05, 4.69) is 29.9 Å². The molecule has 3 heteroatoms. The Morgan fingerprint density at radius 1 is 1.20 bits per heavy atom. The van der Waals surface area contributed by atoms with Crippen LogP contribution in [0.1, 0.15) is 57.3 Å². The van der Waals surface area contributed by atoms with Crippen molar-refractivity contribution >= 4 is 0 Å². The summed E-state index contributed by atoms with van der Waals surface area (Å²) in [5.74, 6) is 1.76. The molecule has 2 atom stereocenters. The zero-order valence-corrected chi connectivity index (χ0v) is 13.1. The molecular formula is C17H29N3. The average molecular weight is 275 g/mol. The van der Waals surface area contributed by atoms with Gasteiger partial charge >= 0.3 is 0 Å². The number of aryl methyl sites for hydroxylation is 2. The molecule has 112 valence electrons. The lowest BCUT2D eigenvalue weighted by atomic mass is 9.91. The third kappa shape index (κ3) is 3.25. The van der Waals surface area contributed by atoms with Gasteiger partial charge in [-0.2, -0.15) is 5.10 Å². The highest BCUT2D eigenvalue weighted by Gasteiger charge is 2.30. The second kappa shape index (κ2) is 6.30. The molecule has 0 saturated heterocycles. The van der Waals surface area contributed by atoms with Crippen LogP contribution < -0.4 is 5.32 Å². The first-order chi connectivity index (χ1) is 9.80. The Morgan fingerprint density at radius 3 is 2.70 bits per heavy atom. The number of hydrogen-bond donors (Lipinski definition) is 1. The van der Waals surface area contributed by atoms with E-state index >= 15 is 0 Å². The van der Waals surface area contributed by atoms with Gasteiger partial charge in [0, 0.05) is 18.3 Å². The zero-order valence-electron chi connectivity index (χ0n) is 13.1. The average Bonchev–Trinajstić information content (AvgIpc) is 3.05. The van der Waals surface area contributed by atoms with Gasteiger partial charge in [-0.15, -0.1) is 0 Å². The van der Waals surface area contributed by atoms with Gasteiger partial charge in [0.05, 0.1) is 5.69 Å². The number of aromatic nitrogens is 2. The molecule has 0 amide bonds. The second-order valence-corrected chi connectivity index (χ2v) is 6.63. The van der Waals surface area contributed by atoms with Crippen LogP contribution in [-0.4, -0.2) is 22.4 Å². The SMILES string of the molecule is CCc1cc(CC2CCCC2CNC2CC2)n(CC)n1. The third-order valence-corrected chi connectivity index (χ3v) is 5.11. The fraction of sp³-hybridized carbons (Fsp3) is 0.824. The number of rotatable bonds is 7. The topological polar surface area (TPSA) is 29.9 Å². The van der Waals surface area contributed by atoms with E-state index in [-0.39, 0.29) is 0 Å². The van der Waals surface area contributed by atoms with E-state index < -0.39 is 0 Å². The summed E-state index contributed by atoms with van der Waals surface area (Å²) in [5, 5.41) is 8.44. The largest absolute Gasteiger partial charge is 0.314 e. The fourth-order valence-corrected chi connectivity index (χ4v) is 3.65. The lowest BCUT2D eigenvalue weighted by Gasteiger charge is -2.20.